The number of anilines is 4. The number of rotatable bonds is 8. The summed E-state index contributed by atoms with van der Waals surface area (Å²) in [4.78, 5) is 8.17. The Balaban J connectivity index is 1.50. The second-order valence-electron chi connectivity index (χ2n) is 6.79. The first kappa shape index (κ1) is 18.7. The number of nitrogens with two attached hydrogens (primary N) is 1. The van der Waals surface area contributed by atoms with Crippen LogP contribution in [0.2, 0.25) is 0 Å². The Kier molecular flexibility index (Phi) is 4.98. The molecule has 0 radical (unpaired) electrons. The Labute approximate surface area is 166 Å². The van der Waals surface area contributed by atoms with E-state index in [2.05, 4.69) is 30.8 Å². The maximum Gasteiger partial charge on any atom is 0.225 e. The Morgan fingerprint density at radius 1 is 1.38 bits per heavy atom. The summed E-state index contributed by atoms with van der Waals surface area (Å²) in [5.41, 5.74) is 8.75. The lowest BCUT2D eigenvalue weighted by Crippen LogP contribution is -2.09. The van der Waals surface area contributed by atoms with Crippen LogP contribution < -0.4 is 21.1 Å². The molecule has 2 heterocycles. The molecule has 0 aliphatic heterocycles. The normalized spacial score (nSPS) is 13.2. The van der Waals surface area contributed by atoms with E-state index in [9.17, 15) is 4.39 Å². The van der Waals surface area contributed by atoms with Gasteiger partial charge in [-0.25, -0.2) is 9.37 Å². The monoisotopic (exact) mass is 396 g/mol. The van der Waals surface area contributed by atoms with Crippen LogP contribution in [0.5, 0.6) is 5.75 Å². The quantitative estimate of drug-likeness (QED) is 0.291. The maximum atomic E-state index is 14.2. The van der Waals surface area contributed by atoms with Crippen molar-refractivity contribution in [3.05, 3.63) is 47.0 Å². The van der Waals surface area contributed by atoms with E-state index in [1.54, 1.807) is 19.2 Å². The van der Waals surface area contributed by atoms with Gasteiger partial charge < -0.3 is 26.5 Å². The fourth-order valence-corrected chi connectivity index (χ4v) is 2.99. The molecule has 4 rings (SSSR count). The molecule has 1 aliphatic carbocycles. The van der Waals surface area contributed by atoms with Crippen LogP contribution in [0.15, 0.2) is 24.4 Å². The molecule has 1 aliphatic rings. The Bertz CT molecular complexity index is 1050. The fourth-order valence-electron chi connectivity index (χ4n) is 2.99. The van der Waals surface area contributed by atoms with Crippen molar-refractivity contribution in [1.82, 2.24) is 20.2 Å². The van der Waals surface area contributed by atoms with E-state index in [0.717, 1.165) is 30.3 Å². The van der Waals surface area contributed by atoms with Crippen molar-refractivity contribution in [2.75, 3.05) is 23.5 Å². The molecule has 1 fully saturated rings. The van der Waals surface area contributed by atoms with Gasteiger partial charge in [-0.1, -0.05) is 0 Å². The lowest BCUT2D eigenvalue weighted by molar-refractivity contribution is 0.414. The predicted octanol–water partition coefficient (Wildman–Crippen LogP) is 3.16. The van der Waals surface area contributed by atoms with Crippen molar-refractivity contribution in [2.24, 2.45) is 0 Å². The molecule has 1 aromatic carbocycles. The number of H-pyrrole nitrogens is 1. The molecule has 0 unspecified atom stereocenters. The third kappa shape index (κ3) is 4.10. The zero-order chi connectivity index (χ0) is 20.4. The van der Waals surface area contributed by atoms with Gasteiger partial charge in [-0.05, 0) is 24.5 Å². The van der Waals surface area contributed by atoms with Gasteiger partial charge in [0.05, 0.1) is 13.3 Å². The van der Waals surface area contributed by atoms with Gasteiger partial charge in [0.2, 0.25) is 5.95 Å². The Hall–Kier alpha value is -3.69. The van der Waals surface area contributed by atoms with E-state index in [1.807, 2.05) is 6.07 Å². The molecule has 0 amide bonds. The molecule has 2 aromatic heterocycles. The van der Waals surface area contributed by atoms with Crippen molar-refractivity contribution in [3.63, 3.8) is 0 Å². The van der Waals surface area contributed by atoms with Gasteiger partial charge in [-0.2, -0.15) is 10.1 Å². The lowest BCUT2D eigenvalue weighted by Gasteiger charge is -2.13. The van der Waals surface area contributed by atoms with Crippen LogP contribution >= 0.6 is 0 Å². The molecule has 29 heavy (non-hydrogen) atoms. The van der Waals surface area contributed by atoms with Crippen LogP contribution in [0.1, 0.15) is 35.6 Å². The SMILES string of the molecule is COc1cc(N)c(C=N)c(CNc2ncc(F)c(Nc3cc(C4CC4)[nH]n3)n2)c1. The lowest BCUT2D eigenvalue weighted by atomic mass is 10.1. The van der Waals surface area contributed by atoms with Gasteiger partial charge in [-0.3, -0.25) is 5.10 Å². The number of benzene rings is 1. The highest BCUT2D eigenvalue weighted by atomic mass is 19.1. The fraction of sp³-hybridized carbons (Fsp3) is 0.263. The highest BCUT2D eigenvalue weighted by molar-refractivity contribution is 5.87. The summed E-state index contributed by atoms with van der Waals surface area (Å²) >= 11 is 0. The van der Waals surface area contributed by atoms with E-state index >= 15 is 0 Å². The topological polar surface area (TPSA) is 138 Å². The summed E-state index contributed by atoms with van der Waals surface area (Å²) in [6.07, 6.45) is 4.55. The first-order chi connectivity index (χ1) is 14.1. The number of hydrogen-bond donors (Lipinski definition) is 5. The molecule has 6 N–H and O–H groups in total. The van der Waals surface area contributed by atoms with Gasteiger partial charge in [0.15, 0.2) is 17.5 Å². The summed E-state index contributed by atoms with van der Waals surface area (Å²) < 4.78 is 19.4. The molecule has 0 atom stereocenters. The molecular weight excluding hydrogens is 375 g/mol. The third-order valence-corrected chi connectivity index (χ3v) is 4.69. The summed E-state index contributed by atoms with van der Waals surface area (Å²) in [5, 5.41) is 20.6. The number of aromatic amines is 1. The molecule has 0 saturated heterocycles. The number of nitrogen functional groups attached to an aromatic ring is 1. The van der Waals surface area contributed by atoms with Gasteiger partial charge >= 0.3 is 0 Å². The number of hydrogen-bond acceptors (Lipinski definition) is 8. The average Bonchev–Trinajstić information content (AvgIpc) is 3.47. The van der Waals surface area contributed by atoms with Crippen LogP contribution in [-0.4, -0.2) is 33.5 Å². The second-order valence-corrected chi connectivity index (χ2v) is 6.79. The van der Waals surface area contributed by atoms with E-state index in [0.29, 0.717) is 28.7 Å². The van der Waals surface area contributed by atoms with E-state index in [1.165, 1.54) is 6.21 Å². The summed E-state index contributed by atoms with van der Waals surface area (Å²) in [5.74, 6) is 1.26. The standard InChI is InChI=1S/C19H21FN8O/c1-29-12-4-11(13(7-21)15(22)5-12)8-23-19-24-9-14(20)18(26-19)25-17-6-16(27-28-17)10-2-3-10/h4-7,9-10,21H,2-3,8,22H2,1H3,(H3,23,24,25,26,27,28). The maximum absolute atomic E-state index is 14.2. The van der Waals surface area contributed by atoms with E-state index < -0.39 is 5.82 Å². The highest BCUT2D eigenvalue weighted by Crippen LogP contribution is 2.39. The largest absolute Gasteiger partial charge is 0.497 e. The molecule has 3 aromatic rings. The van der Waals surface area contributed by atoms with Gasteiger partial charge in [0.1, 0.15) is 5.75 Å². The van der Waals surface area contributed by atoms with Crippen LogP contribution in [0.3, 0.4) is 0 Å². The van der Waals surface area contributed by atoms with Gasteiger partial charge in [0, 0.05) is 47.8 Å². The van der Waals surface area contributed by atoms with Crippen LogP contribution in [0.4, 0.5) is 27.7 Å². The van der Waals surface area contributed by atoms with Crippen molar-refractivity contribution in [3.8, 4) is 5.75 Å². The van der Waals surface area contributed by atoms with Crippen molar-refractivity contribution < 1.29 is 9.13 Å². The number of nitrogens with one attached hydrogen (secondary N) is 4. The zero-order valence-electron chi connectivity index (χ0n) is 15.8. The van der Waals surface area contributed by atoms with Crippen LogP contribution in [-0.2, 0) is 6.54 Å². The van der Waals surface area contributed by atoms with Gasteiger partial charge in [-0.15, -0.1) is 0 Å². The van der Waals surface area contributed by atoms with Gasteiger partial charge in [0.25, 0.3) is 0 Å². The number of nitrogens with zero attached hydrogens (tertiary/aromatic N) is 3. The zero-order valence-corrected chi connectivity index (χ0v) is 15.8. The smallest absolute Gasteiger partial charge is 0.225 e. The number of aromatic nitrogens is 4. The minimum absolute atomic E-state index is 0.0220. The highest BCUT2D eigenvalue weighted by Gasteiger charge is 2.25. The molecule has 150 valence electrons. The second kappa shape index (κ2) is 7.74. The molecule has 9 nitrogen and oxygen atoms in total. The first-order valence-electron chi connectivity index (χ1n) is 9.13. The molecule has 0 spiro atoms. The number of halogens is 1. The molecular formula is C19H21FN8O. The summed E-state index contributed by atoms with van der Waals surface area (Å²) in [7, 11) is 1.54. The molecule has 10 heteroatoms. The summed E-state index contributed by atoms with van der Waals surface area (Å²) in [6.45, 7) is 0.283. The number of ether oxygens (including phenoxy) is 1. The molecule has 0 bridgehead atoms. The van der Waals surface area contributed by atoms with Crippen LogP contribution in [0, 0.1) is 11.2 Å². The van der Waals surface area contributed by atoms with Crippen molar-refractivity contribution in [1.29, 1.82) is 5.41 Å². The Morgan fingerprint density at radius 2 is 2.21 bits per heavy atom. The van der Waals surface area contributed by atoms with E-state index in [4.69, 9.17) is 15.9 Å². The minimum Gasteiger partial charge on any atom is -0.497 e. The Morgan fingerprint density at radius 3 is 2.93 bits per heavy atom. The van der Waals surface area contributed by atoms with Crippen molar-refractivity contribution >= 4 is 29.5 Å². The minimum atomic E-state index is -0.586. The predicted molar refractivity (Wildman–Crippen MR) is 108 cm³/mol. The molecule has 1 saturated carbocycles. The number of methoxy groups -OCH3 is 1. The average molecular weight is 396 g/mol. The third-order valence-electron chi connectivity index (χ3n) is 4.69. The first-order valence-corrected chi connectivity index (χ1v) is 9.13. The van der Waals surface area contributed by atoms with Crippen LogP contribution in [0.25, 0.3) is 0 Å². The summed E-state index contributed by atoms with van der Waals surface area (Å²) in [6, 6.07) is 5.29. The van der Waals surface area contributed by atoms with E-state index in [-0.39, 0.29) is 18.3 Å². The van der Waals surface area contributed by atoms with Crippen molar-refractivity contribution in [2.45, 2.75) is 25.3 Å².